The van der Waals surface area contributed by atoms with E-state index in [1.165, 1.54) is 10.9 Å². The summed E-state index contributed by atoms with van der Waals surface area (Å²) in [6.07, 6.45) is 2.40. The lowest BCUT2D eigenvalue weighted by atomic mass is 9.98. The number of carbonyl (C=O) groups is 1. The lowest BCUT2D eigenvalue weighted by Crippen LogP contribution is -2.12. The van der Waals surface area contributed by atoms with E-state index in [0.29, 0.717) is 5.56 Å². The van der Waals surface area contributed by atoms with Gasteiger partial charge in [-0.25, -0.2) is 0 Å². The monoisotopic (exact) mass is 273 g/mol. The maximum atomic E-state index is 12.2. The van der Waals surface area contributed by atoms with E-state index in [2.05, 4.69) is 5.10 Å². The van der Waals surface area contributed by atoms with E-state index in [4.69, 9.17) is 0 Å². The molecule has 2 rings (SSSR count). The number of rotatable bonds is 4. The van der Waals surface area contributed by atoms with Crippen molar-refractivity contribution in [1.82, 2.24) is 9.78 Å². The van der Waals surface area contributed by atoms with Crippen LogP contribution in [0.1, 0.15) is 27.0 Å². The van der Waals surface area contributed by atoms with Gasteiger partial charge in [0.05, 0.1) is 4.92 Å². The number of nitrogens with zero attached hydrogens (tertiary/aromatic N) is 3. The molecule has 1 aromatic carbocycles. The summed E-state index contributed by atoms with van der Waals surface area (Å²) in [7, 11) is 0. The molecule has 0 saturated heterocycles. The largest absolute Gasteiger partial charge is 0.307 e. The second kappa shape index (κ2) is 5.24. The molecular weight excluding hydrogens is 258 g/mol. The quantitative estimate of drug-likeness (QED) is 0.487. The Kier molecular flexibility index (Phi) is 3.65. The Morgan fingerprint density at radius 1 is 1.25 bits per heavy atom. The predicted molar refractivity (Wildman–Crippen MR) is 73.9 cm³/mol. The molecular formula is C14H15N3O3. The Balaban J connectivity index is 2.23. The van der Waals surface area contributed by atoms with Gasteiger partial charge in [-0.05, 0) is 43.5 Å². The van der Waals surface area contributed by atoms with Gasteiger partial charge in [0.15, 0.2) is 5.78 Å². The number of carbonyl (C=O) groups excluding carboxylic acids is 1. The summed E-state index contributed by atoms with van der Waals surface area (Å²) >= 11 is 0. The van der Waals surface area contributed by atoms with Crippen LogP contribution in [0, 0.1) is 30.9 Å². The van der Waals surface area contributed by atoms with Crippen molar-refractivity contribution in [2.45, 2.75) is 27.3 Å². The molecule has 0 atom stereocenters. The predicted octanol–water partition coefficient (Wildman–Crippen LogP) is 2.60. The van der Waals surface area contributed by atoms with E-state index in [1.54, 1.807) is 0 Å². The maximum absolute atomic E-state index is 12.2. The summed E-state index contributed by atoms with van der Waals surface area (Å²) in [6, 6.07) is 3.82. The van der Waals surface area contributed by atoms with Crippen LogP contribution in [-0.2, 0) is 6.54 Å². The van der Waals surface area contributed by atoms with Crippen LogP contribution in [0.15, 0.2) is 24.5 Å². The van der Waals surface area contributed by atoms with E-state index >= 15 is 0 Å². The molecule has 1 heterocycles. The van der Waals surface area contributed by atoms with Gasteiger partial charge in [-0.2, -0.15) is 5.10 Å². The van der Waals surface area contributed by atoms with E-state index < -0.39 is 4.92 Å². The highest BCUT2D eigenvalue weighted by Crippen LogP contribution is 2.17. The Hall–Kier alpha value is -2.50. The molecule has 0 saturated carbocycles. The van der Waals surface area contributed by atoms with Crippen LogP contribution in [-0.4, -0.2) is 20.5 Å². The minimum Gasteiger partial charge on any atom is -0.292 e. The second-order valence-electron chi connectivity index (χ2n) is 4.83. The lowest BCUT2D eigenvalue weighted by molar-refractivity contribution is -0.385. The van der Waals surface area contributed by atoms with Crippen LogP contribution < -0.4 is 0 Å². The number of aromatic nitrogens is 2. The molecule has 6 nitrogen and oxygen atoms in total. The van der Waals surface area contributed by atoms with Crippen molar-refractivity contribution in [2.24, 2.45) is 0 Å². The van der Waals surface area contributed by atoms with Crippen molar-refractivity contribution in [2.75, 3.05) is 0 Å². The number of Topliss-reactive ketones (excluding diaryl/α,β-unsaturated/α-hetero) is 1. The number of aryl methyl sites for hydroxylation is 3. The molecule has 0 aliphatic carbocycles. The van der Waals surface area contributed by atoms with Crippen molar-refractivity contribution in [3.8, 4) is 0 Å². The maximum Gasteiger partial charge on any atom is 0.307 e. The summed E-state index contributed by atoms with van der Waals surface area (Å²) in [5, 5.41) is 14.4. The minimum absolute atomic E-state index is 0.00280. The summed E-state index contributed by atoms with van der Waals surface area (Å²) in [5.74, 6) is -0.108. The van der Waals surface area contributed by atoms with Gasteiger partial charge < -0.3 is 0 Å². The number of ketones is 1. The van der Waals surface area contributed by atoms with Crippen molar-refractivity contribution in [3.05, 3.63) is 56.9 Å². The zero-order valence-electron chi connectivity index (χ0n) is 11.6. The number of hydrogen-bond acceptors (Lipinski definition) is 4. The first kappa shape index (κ1) is 13.9. The van der Waals surface area contributed by atoms with E-state index in [9.17, 15) is 14.9 Å². The third kappa shape index (κ3) is 2.74. The third-order valence-corrected chi connectivity index (χ3v) is 3.28. The van der Waals surface area contributed by atoms with E-state index in [0.717, 1.165) is 22.9 Å². The number of hydrogen-bond donors (Lipinski definition) is 0. The summed E-state index contributed by atoms with van der Waals surface area (Å²) < 4.78 is 1.29. The van der Waals surface area contributed by atoms with Crippen LogP contribution in [0.2, 0.25) is 0 Å². The summed E-state index contributed by atoms with van der Waals surface area (Å²) in [6.45, 7) is 5.82. The Morgan fingerprint density at radius 2 is 1.90 bits per heavy atom. The topological polar surface area (TPSA) is 78.0 Å². The van der Waals surface area contributed by atoms with Gasteiger partial charge in [-0.1, -0.05) is 6.07 Å². The van der Waals surface area contributed by atoms with Crippen LogP contribution >= 0.6 is 0 Å². The standard InChI is InChI=1S/C14H15N3O3/c1-9-4-11(3)13(5-10(9)2)14(18)8-16-7-12(6-15-16)17(19)20/h4-7H,8H2,1-3H3. The van der Waals surface area contributed by atoms with Crippen molar-refractivity contribution in [3.63, 3.8) is 0 Å². The molecule has 2 aromatic rings. The zero-order chi connectivity index (χ0) is 14.9. The minimum atomic E-state index is -0.532. The smallest absolute Gasteiger partial charge is 0.292 e. The molecule has 104 valence electrons. The summed E-state index contributed by atoms with van der Waals surface area (Å²) in [5.41, 5.74) is 3.60. The highest BCUT2D eigenvalue weighted by Gasteiger charge is 2.14. The van der Waals surface area contributed by atoms with Gasteiger partial charge >= 0.3 is 5.69 Å². The zero-order valence-corrected chi connectivity index (χ0v) is 11.6. The van der Waals surface area contributed by atoms with Gasteiger partial charge in [0.1, 0.15) is 18.9 Å². The van der Waals surface area contributed by atoms with Gasteiger partial charge in [-0.15, -0.1) is 0 Å². The Morgan fingerprint density at radius 3 is 2.50 bits per heavy atom. The van der Waals surface area contributed by atoms with Gasteiger partial charge in [0.2, 0.25) is 0 Å². The molecule has 0 bridgehead atoms. The number of benzene rings is 1. The average Bonchev–Trinajstić information content (AvgIpc) is 2.82. The van der Waals surface area contributed by atoms with Crippen LogP contribution in [0.25, 0.3) is 0 Å². The van der Waals surface area contributed by atoms with Crippen molar-refractivity contribution < 1.29 is 9.72 Å². The molecule has 0 N–H and O–H groups in total. The average molecular weight is 273 g/mol. The molecule has 0 amide bonds. The SMILES string of the molecule is Cc1cc(C)c(C(=O)Cn2cc([N+](=O)[O-])cn2)cc1C. The highest BCUT2D eigenvalue weighted by molar-refractivity contribution is 5.97. The van der Waals surface area contributed by atoms with Gasteiger partial charge in [0.25, 0.3) is 0 Å². The fourth-order valence-electron chi connectivity index (χ4n) is 2.03. The van der Waals surface area contributed by atoms with Crippen molar-refractivity contribution >= 4 is 11.5 Å². The normalized spacial score (nSPS) is 10.6. The molecule has 0 fully saturated rings. The molecule has 0 aliphatic heterocycles. The molecule has 20 heavy (non-hydrogen) atoms. The first-order valence-corrected chi connectivity index (χ1v) is 6.16. The molecule has 0 spiro atoms. The number of nitro groups is 1. The Labute approximate surface area is 116 Å². The van der Waals surface area contributed by atoms with Gasteiger partial charge in [0, 0.05) is 5.56 Å². The lowest BCUT2D eigenvalue weighted by Gasteiger charge is -2.09. The van der Waals surface area contributed by atoms with E-state index in [1.807, 2.05) is 32.9 Å². The molecule has 6 heteroatoms. The molecule has 1 aromatic heterocycles. The first-order chi connectivity index (χ1) is 9.38. The summed E-state index contributed by atoms with van der Waals surface area (Å²) in [4.78, 5) is 22.3. The van der Waals surface area contributed by atoms with E-state index in [-0.39, 0.29) is 18.0 Å². The van der Waals surface area contributed by atoms with Crippen LogP contribution in [0.5, 0.6) is 0 Å². The Bertz CT molecular complexity index is 689. The van der Waals surface area contributed by atoms with Crippen molar-refractivity contribution in [1.29, 1.82) is 0 Å². The fourth-order valence-corrected chi connectivity index (χ4v) is 2.03. The molecule has 0 unspecified atom stereocenters. The third-order valence-electron chi connectivity index (χ3n) is 3.28. The molecule has 0 aliphatic rings. The second-order valence-corrected chi connectivity index (χ2v) is 4.83. The fraction of sp³-hybridized carbons (Fsp3) is 0.286. The van der Waals surface area contributed by atoms with Crippen LogP contribution in [0.4, 0.5) is 5.69 Å². The molecule has 0 radical (unpaired) electrons. The van der Waals surface area contributed by atoms with Gasteiger partial charge in [-0.3, -0.25) is 19.6 Å². The van der Waals surface area contributed by atoms with Crippen LogP contribution in [0.3, 0.4) is 0 Å². The first-order valence-electron chi connectivity index (χ1n) is 6.16. The highest BCUT2D eigenvalue weighted by atomic mass is 16.6.